The summed E-state index contributed by atoms with van der Waals surface area (Å²) in [6.07, 6.45) is -0.761. The molecule has 4 rings (SSSR count). The molecule has 2 aromatic rings. The fourth-order valence-corrected chi connectivity index (χ4v) is 4.93. The van der Waals surface area contributed by atoms with Crippen molar-refractivity contribution in [1.29, 1.82) is 0 Å². The van der Waals surface area contributed by atoms with Crippen molar-refractivity contribution in [2.45, 2.75) is 38.9 Å². The number of ether oxygens (including phenoxy) is 1. The molecular weight excluding hydrogens is 461 g/mol. The molecule has 0 atom stereocenters. The minimum Gasteiger partial charge on any atom is -0.484 e. The first kappa shape index (κ1) is 25.5. The zero-order valence-corrected chi connectivity index (χ0v) is 20.1. The molecule has 2 saturated heterocycles. The second-order valence-electron chi connectivity index (χ2n) is 9.23. The number of rotatable bonds is 7. The molecule has 2 aliphatic rings. The van der Waals surface area contributed by atoms with E-state index in [-0.39, 0.29) is 35.7 Å². The number of halogens is 3. The molecule has 1 aromatic carbocycles. The minimum absolute atomic E-state index is 0.0710. The fraction of sp³-hybridized carbons (Fsp3) is 0.600. The maximum atomic E-state index is 13.4. The largest absolute Gasteiger partial charge is 0.484 e. The van der Waals surface area contributed by atoms with E-state index < -0.39 is 17.3 Å². The van der Waals surface area contributed by atoms with Crippen LogP contribution in [0.2, 0.25) is 0 Å². The number of piperazine rings is 1. The zero-order chi connectivity index (χ0) is 25.0. The molecular formula is C25H33F3N4O3. The van der Waals surface area contributed by atoms with Gasteiger partial charge in [0.25, 0.3) is 11.5 Å². The molecule has 2 aliphatic heterocycles. The number of likely N-dealkylation sites (tertiary alicyclic amines) is 1. The summed E-state index contributed by atoms with van der Waals surface area (Å²) in [7, 11) is 0. The first-order valence-corrected chi connectivity index (χ1v) is 12.4. The predicted octanol–water partition coefficient (Wildman–Crippen LogP) is 3.05. The van der Waals surface area contributed by atoms with Crippen LogP contribution in [0.4, 0.5) is 13.2 Å². The van der Waals surface area contributed by atoms with E-state index in [1.165, 1.54) is 55.1 Å². The molecule has 2 fully saturated rings. The maximum Gasteiger partial charge on any atom is 0.417 e. The summed E-state index contributed by atoms with van der Waals surface area (Å²) in [4.78, 5) is 31.6. The molecule has 0 aliphatic carbocycles. The summed E-state index contributed by atoms with van der Waals surface area (Å²) in [5.74, 6) is 0.102. The molecule has 0 saturated carbocycles. The summed E-state index contributed by atoms with van der Waals surface area (Å²) in [5, 5.41) is -0.0710. The second kappa shape index (κ2) is 11.0. The normalized spacial score (nSPS) is 18.2. The van der Waals surface area contributed by atoms with Crippen LogP contribution < -0.4 is 10.3 Å². The number of hydrogen-bond acceptors (Lipinski definition) is 5. The molecule has 0 bridgehead atoms. The third-order valence-corrected chi connectivity index (χ3v) is 6.97. The van der Waals surface area contributed by atoms with E-state index in [2.05, 4.69) is 9.80 Å². The Labute approximate surface area is 203 Å². The van der Waals surface area contributed by atoms with E-state index in [1.54, 1.807) is 11.8 Å². The van der Waals surface area contributed by atoms with E-state index in [0.29, 0.717) is 19.2 Å². The Bertz CT molecular complexity index is 1090. The predicted molar refractivity (Wildman–Crippen MR) is 128 cm³/mol. The van der Waals surface area contributed by atoms with Crippen molar-refractivity contribution in [2.75, 3.05) is 59.0 Å². The number of hydrogen-bond donors (Lipinski definition) is 0. The SMILES string of the molecule is CCn1c(=O)cc(C(F)(F)F)c2ccc(OCC(=O)N3CCN(CCN4CCCCC4)CC3)cc21. The van der Waals surface area contributed by atoms with Crippen LogP contribution >= 0.6 is 0 Å². The molecule has 0 N–H and O–H groups in total. The minimum atomic E-state index is -4.64. The quantitative estimate of drug-likeness (QED) is 0.592. The van der Waals surface area contributed by atoms with Crippen LogP contribution in [-0.2, 0) is 17.5 Å². The number of pyridine rings is 1. The number of aromatic nitrogens is 1. The van der Waals surface area contributed by atoms with Gasteiger partial charge in [0.05, 0.1) is 11.1 Å². The van der Waals surface area contributed by atoms with Crippen LogP contribution in [0, 0.1) is 0 Å². The Morgan fingerprint density at radius 1 is 0.943 bits per heavy atom. The Kier molecular flexibility index (Phi) is 8.01. The maximum absolute atomic E-state index is 13.4. The molecule has 1 aromatic heterocycles. The van der Waals surface area contributed by atoms with Crippen molar-refractivity contribution in [1.82, 2.24) is 19.3 Å². The highest BCUT2D eigenvalue weighted by Crippen LogP contribution is 2.35. The Morgan fingerprint density at radius 2 is 1.60 bits per heavy atom. The van der Waals surface area contributed by atoms with Gasteiger partial charge in [0.15, 0.2) is 6.61 Å². The number of nitrogens with zero attached hydrogens (tertiary/aromatic N) is 4. The molecule has 1 amide bonds. The summed E-state index contributed by atoms with van der Waals surface area (Å²) in [6.45, 7) is 9.04. The van der Waals surface area contributed by atoms with Crippen molar-refractivity contribution >= 4 is 16.8 Å². The van der Waals surface area contributed by atoms with Crippen LogP contribution in [0.25, 0.3) is 10.9 Å². The van der Waals surface area contributed by atoms with Crippen molar-refractivity contribution < 1.29 is 22.7 Å². The number of carbonyl (C=O) groups is 1. The van der Waals surface area contributed by atoms with Crippen LogP contribution in [-0.4, -0.2) is 84.1 Å². The molecule has 192 valence electrons. The van der Waals surface area contributed by atoms with Crippen molar-refractivity contribution in [3.8, 4) is 5.75 Å². The van der Waals surface area contributed by atoms with Gasteiger partial charge in [-0.2, -0.15) is 13.2 Å². The van der Waals surface area contributed by atoms with E-state index in [9.17, 15) is 22.8 Å². The van der Waals surface area contributed by atoms with Gasteiger partial charge < -0.3 is 19.1 Å². The van der Waals surface area contributed by atoms with Gasteiger partial charge in [-0.25, -0.2) is 0 Å². The van der Waals surface area contributed by atoms with Gasteiger partial charge in [-0.1, -0.05) is 6.42 Å². The number of aryl methyl sites for hydroxylation is 1. The molecule has 0 spiro atoms. The lowest BCUT2D eigenvalue weighted by molar-refractivity contribution is -0.136. The standard InChI is InChI=1S/C25H33F3N4O3/c1-2-32-22-16-19(6-7-20(22)21(17-23(32)33)25(26,27)28)35-18-24(34)31-14-12-30(13-15-31)11-10-29-8-4-3-5-9-29/h6-7,16-17H,2-5,8-15,18H2,1H3. The first-order chi connectivity index (χ1) is 16.8. The number of fused-ring (bicyclic) bond motifs is 1. The van der Waals surface area contributed by atoms with Crippen molar-refractivity contribution in [3.63, 3.8) is 0 Å². The van der Waals surface area contributed by atoms with Crippen LogP contribution in [0.3, 0.4) is 0 Å². The highest BCUT2D eigenvalue weighted by molar-refractivity contribution is 5.85. The smallest absolute Gasteiger partial charge is 0.417 e. The van der Waals surface area contributed by atoms with E-state index in [1.807, 2.05) is 0 Å². The van der Waals surface area contributed by atoms with Gasteiger partial charge in [0, 0.05) is 63.3 Å². The summed E-state index contributed by atoms with van der Waals surface area (Å²) in [5.41, 5.74) is -1.55. The number of piperidine rings is 1. The first-order valence-electron chi connectivity index (χ1n) is 12.4. The van der Waals surface area contributed by atoms with E-state index >= 15 is 0 Å². The van der Waals surface area contributed by atoms with Crippen LogP contribution in [0.1, 0.15) is 31.7 Å². The highest BCUT2D eigenvalue weighted by atomic mass is 19.4. The number of benzene rings is 1. The second-order valence-corrected chi connectivity index (χ2v) is 9.23. The average Bonchev–Trinajstić information content (AvgIpc) is 2.86. The topological polar surface area (TPSA) is 58.0 Å². The number of amides is 1. The van der Waals surface area contributed by atoms with Gasteiger partial charge in [-0.05, 0) is 45.0 Å². The molecule has 3 heterocycles. The molecule has 0 radical (unpaired) electrons. The van der Waals surface area contributed by atoms with Gasteiger partial charge in [0.1, 0.15) is 5.75 Å². The third kappa shape index (κ3) is 6.16. The lowest BCUT2D eigenvalue weighted by atomic mass is 10.1. The fourth-order valence-electron chi connectivity index (χ4n) is 4.93. The van der Waals surface area contributed by atoms with Gasteiger partial charge in [-0.3, -0.25) is 14.5 Å². The Morgan fingerprint density at radius 3 is 2.23 bits per heavy atom. The van der Waals surface area contributed by atoms with Crippen molar-refractivity contribution in [2.24, 2.45) is 0 Å². The number of alkyl halides is 3. The summed E-state index contributed by atoms with van der Waals surface area (Å²) >= 11 is 0. The zero-order valence-electron chi connectivity index (χ0n) is 20.1. The summed E-state index contributed by atoms with van der Waals surface area (Å²) < 4.78 is 47.2. The van der Waals surface area contributed by atoms with Gasteiger partial charge in [-0.15, -0.1) is 0 Å². The van der Waals surface area contributed by atoms with E-state index in [0.717, 1.165) is 26.2 Å². The Hall–Kier alpha value is -2.59. The number of carbonyl (C=O) groups excluding carboxylic acids is 1. The molecule has 7 nitrogen and oxygen atoms in total. The molecule has 10 heteroatoms. The van der Waals surface area contributed by atoms with Gasteiger partial charge in [0.2, 0.25) is 0 Å². The van der Waals surface area contributed by atoms with Crippen molar-refractivity contribution in [3.05, 3.63) is 40.2 Å². The molecule has 0 unspecified atom stereocenters. The third-order valence-electron chi connectivity index (χ3n) is 6.97. The van der Waals surface area contributed by atoms with Crippen LogP contribution in [0.15, 0.2) is 29.1 Å². The average molecular weight is 495 g/mol. The van der Waals surface area contributed by atoms with Gasteiger partial charge >= 0.3 is 6.18 Å². The molecule has 35 heavy (non-hydrogen) atoms. The van der Waals surface area contributed by atoms with Crippen LogP contribution in [0.5, 0.6) is 5.75 Å². The van der Waals surface area contributed by atoms with E-state index in [4.69, 9.17) is 4.74 Å². The lowest BCUT2D eigenvalue weighted by Gasteiger charge is -2.36. The monoisotopic (exact) mass is 494 g/mol. The lowest BCUT2D eigenvalue weighted by Crippen LogP contribution is -2.51. The Balaban J connectivity index is 1.33. The summed E-state index contributed by atoms with van der Waals surface area (Å²) in [6, 6.07) is 4.74. The highest BCUT2D eigenvalue weighted by Gasteiger charge is 2.34.